The Morgan fingerprint density at radius 1 is 1.27 bits per heavy atom. The van der Waals surface area contributed by atoms with Gasteiger partial charge >= 0.3 is 0 Å². The average molecular weight is 395 g/mol. The van der Waals surface area contributed by atoms with E-state index in [0.717, 1.165) is 0 Å². The molecule has 0 atom stereocenters. The summed E-state index contributed by atoms with van der Waals surface area (Å²) < 4.78 is 25.5. The summed E-state index contributed by atoms with van der Waals surface area (Å²) >= 11 is 6.11. The molecular formula is C16H15ClN4O4S. The van der Waals surface area contributed by atoms with Gasteiger partial charge in [0.25, 0.3) is 5.91 Å². The first-order valence-electron chi connectivity index (χ1n) is 7.57. The van der Waals surface area contributed by atoms with Gasteiger partial charge in [0.15, 0.2) is 0 Å². The second-order valence-corrected chi connectivity index (χ2v) is 8.63. The van der Waals surface area contributed by atoms with E-state index < -0.39 is 27.3 Å². The molecule has 1 aromatic heterocycles. The number of carbonyl (C=O) groups excluding carboxylic acids is 2. The Bertz CT molecular complexity index is 993. The molecule has 1 aromatic carbocycles. The number of nitrogens with zero attached hydrogens (tertiary/aromatic N) is 3. The van der Waals surface area contributed by atoms with Gasteiger partial charge in [0.05, 0.1) is 21.9 Å². The zero-order valence-electron chi connectivity index (χ0n) is 13.9. The minimum absolute atomic E-state index is 0.0483. The molecule has 8 nitrogen and oxygen atoms in total. The van der Waals surface area contributed by atoms with E-state index in [1.807, 2.05) is 0 Å². The van der Waals surface area contributed by atoms with Gasteiger partial charge in [-0.15, -0.1) is 0 Å². The van der Waals surface area contributed by atoms with Crippen molar-refractivity contribution in [2.45, 2.75) is 13.8 Å². The SMILES string of the molecule is CC1(C)CS(=O)(=O)N(c2cc(C(=O)Nc3ncccn3)ccc2Cl)C1=O. The highest BCUT2D eigenvalue weighted by atomic mass is 35.5. The smallest absolute Gasteiger partial charge is 0.258 e. The fourth-order valence-electron chi connectivity index (χ4n) is 2.59. The summed E-state index contributed by atoms with van der Waals surface area (Å²) in [6.45, 7) is 3.09. The van der Waals surface area contributed by atoms with Crippen LogP contribution in [0, 0.1) is 5.41 Å². The number of hydrogen-bond donors (Lipinski definition) is 1. The lowest BCUT2D eigenvalue weighted by molar-refractivity contribution is -0.123. The zero-order chi connectivity index (χ0) is 19.1. The quantitative estimate of drug-likeness (QED) is 0.853. The van der Waals surface area contributed by atoms with Crippen molar-refractivity contribution in [1.29, 1.82) is 0 Å². The van der Waals surface area contributed by atoms with Crippen LogP contribution in [-0.4, -0.2) is 36.0 Å². The average Bonchev–Trinajstić information content (AvgIpc) is 2.72. The van der Waals surface area contributed by atoms with Crippen LogP contribution in [0.1, 0.15) is 24.2 Å². The predicted molar refractivity (Wildman–Crippen MR) is 96.5 cm³/mol. The van der Waals surface area contributed by atoms with Gasteiger partial charge < -0.3 is 0 Å². The van der Waals surface area contributed by atoms with Gasteiger partial charge in [-0.1, -0.05) is 11.6 Å². The molecule has 0 saturated carbocycles. The second kappa shape index (κ2) is 6.33. The van der Waals surface area contributed by atoms with Crippen LogP contribution in [0.5, 0.6) is 0 Å². The first-order chi connectivity index (χ1) is 12.1. The van der Waals surface area contributed by atoms with Gasteiger partial charge in [-0.25, -0.2) is 22.7 Å². The van der Waals surface area contributed by atoms with Crippen molar-refractivity contribution in [3.8, 4) is 0 Å². The van der Waals surface area contributed by atoms with Crippen LogP contribution in [0.2, 0.25) is 5.02 Å². The van der Waals surface area contributed by atoms with Crippen LogP contribution in [0.3, 0.4) is 0 Å². The molecule has 0 unspecified atom stereocenters. The van der Waals surface area contributed by atoms with Crippen molar-refractivity contribution >= 4 is 45.1 Å². The van der Waals surface area contributed by atoms with Crippen LogP contribution < -0.4 is 9.62 Å². The van der Waals surface area contributed by atoms with E-state index in [-0.39, 0.29) is 28.0 Å². The Hall–Kier alpha value is -2.52. The van der Waals surface area contributed by atoms with Gasteiger partial charge in [-0.3, -0.25) is 14.9 Å². The van der Waals surface area contributed by atoms with E-state index >= 15 is 0 Å². The first-order valence-corrected chi connectivity index (χ1v) is 9.56. The number of carbonyl (C=O) groups is 2. The summed E-state index contributed by atoms with van der Waals surface area (Å²) in [5, 5.41) is 2.53. The van der Waals surface area contributed by atoms with E-state index in [4.69, 9.17) is 11.6 Å². The highest BCUT2D eigenvalue weighted by Crippen LogP contribution is 2.39. The lowest BCUT2D eigenvalue weighted by atomic mass is 9.95. The molecule has 26 heavy (non-hydrogen) atoms. The predicted octanol–water partition coefficient (Wildman–Crippen LogP) is 2.08. The molecule has 0 aliphatic carbocycles. The van der Waals surface area contributed by atoms with Gasteiger partial charge in [0.1, 0.15) is 0 Å². The Labute approximate surface area is 155 Å². The van der Waals surface area contributed by atoms with Gasteiger partial charge in [-0.05, 0) is 38.1 Å². The minimum Gasteiger partial charge on any atom is -0.290 e. The van der Waals surface area contributed by atoms with E-state index in [1.165, 1.54) is 30.6 Å². The van der Waals surface area contributed by atoms with Gasteiger partial charge in [-0.2, -0.15) is 0 Å². The summed E-state index contributed by atoms with van der Waals surface area (Å²) in [7, 11) is -3.88. The summed E-state index contributed by atoms with van der Waals surface area (Å²) in [6.07, 6.45) is 2.93. The topological polar surface area (TPSA) is 109 Å². The molecule has 1 saturated heterocycles. The molecule has 3 rings (SSSR count). The molecular weight excluding hydrogens is 380 g/mol. The molecule has 0 bridgehead atoms. The van der Waals surface area contributed by atoms with Gasteiger partial charge in [0, 0.05) is 18.0 Å². The van der Waals surface area contributed by atoms with Crippen LogP contribution in [0.4, 0.5) is 11.6 Å². The van der Waals surface area contributed by atoms with Crippen molar-refractivity contribution < 1.29 is 18.0 Å². The molecule has 1 N–H and O–H groups in total. The van der Waals surface area contributed by atoms with Gasteiger partial charge in [0.2, 0.25) is 21.9 Å². The Morgan fingerprint density at radius 3 is 2.50 bits per heavy atom. The lowest BCUT2D eigenvalue weighted by Gasteiger charge is -2.19. The molecule has 2 aromatic rings. The Balaban J connectivity index is 1.99. The molecule has 2 amide bonds. The van der Waals surface area contributed by atoms with E-state index in [2.05, 4.69) is 15.3 Å². The molecule has 0 radical (unpaired) electrons. The third kappa shape index (κ3) is 3.27. The number of benzene rings is 1. The fraction of sp³-hybridized carbons (Fsp3) is 0.250. The van der Waals surface area contributed by atoms with Crippen LogP contribution in [-0.2, 0) is 14.8 Å². The summed E-state index contributed by atoms with van der Waals surface area (Å²) in [6, 6.07) is 5.65. The van der Waals surface area contributed by atoms with E-state index in [9.17, 15) is 18.0 Å². The van der Waals surface area contributed by atoms with Crippen LogP contribution in [0.25, 0.3) is 0 Å². The molecule has 2 heterocycles. The van der Waals surface area contributed by atoms with Crippen molar-refractivity contribution in [2.24, 2.45) is 5.41 Å². The number of halogens is 1. The standard InChI is InChI=1S/C16H15ClN4O4S/c1-16(2)9-26(24,25)21(14(16)23)12-8-10(4-5-11(12)17)13(22)20-15-18-6-3-7-19-15/h3-8H,9H2,1-2H3,(H,18,19,20,22). The summed E-state index contributed by atoms with van der Waals surface area (Å²) in [5.41, 5.74) is -1.01. The molecule has 1 aliphatic heterocycles. The number of anilines is 2. The van der Waals surface area contributed by atoms with E-state index in [1.54, 1.807) is 19.9 Å². The molecule has 10 heteroatoms. The Kier molecular flexibility index (Phi) is 4.45. The van der Waals surface area contributed by atoms with Crippen molar-refractivity contribution in [1.82, 2.24) is 9.97 Å². The molecule has 1 fully saturated rings. The zero-order valence-corrected chi connectivity index (χ0v) is 15.5. The molecule has 136 valence electrons. The maximum atomic E-state index is 12.5. The largest absolute Gasteiger partial charge is 0.290 e. The van der Waals surface area contributed by atoms with Crippen molar-refractivity contribution in [2.75, 3.05) is 15.4 Å². The fourth-order valence-corrected chi connectivity index (χ4v) is 4.96. The summed E-state index contributed by atoms with van der Waals surface area (Å²) in [5.74, 6) is -1.38. The molecule has 0 spiro atoms. The Morgan fingerprint density at radius 2 is 1.92 bits per heavy atom. The monoisotopic (exact) mass is 394 g/mol. The third-order valence-corrected chi connectivity index (χ3v) is 6.13. The molecule has 1 aliphatic rings. The maximum Gasteiger partial charge on any atom is 0.258 e. The number of sulfonamides is 1. The maximum absolute atomic E-state index is 12.5. The number of aromatic nitrogens is 2. The highest BCUT2D eigenvalue weighted by molar-refractivity contribution is 7.94. The first kappa shape index (κ1) is 18.3. The van der Waals surface area contributed by atoms with Crippen LogP contribution >= 0.6 is 11.6 Å². The minimum atomic E-state index is -3.88. The second-order valence-electron chi connectivity index (χ2n) is 6.40. The van der Waals surface area contributed by atoms with E-state index in [0.29, 0.717) is 4.31 Å². The highest BCUT2D eigenvalue weighted by Gasteiger charge is 2.50. The van der Waals surface area contributed by atoms with Crippen molar-refractivity contribution in [3.63, 3.8) is 0 Å². The number of amides is 2. The third-order valence-electron chi connectivity index (χ3n) is 3.80. The number of rotatable bonds is 3. The number of nitrogens with one attached hydrogen (secondary N) is 1. The van der Waals surface area contributed by atoms with Crippen molar-refractivity contribution in [3.05, 3.63) is 47.2 Å². The number of hydrogen-bond acceptors (Lipinski definition) is 6. The lowest BCUT2D eigenvalue weighted by Crippen LogP contribution is -2.33. The summed E-state index contributed by atoms with van der Waals surface area (Å²) in [4.78, 5) is 32.7. The van der Waals surface area contributed by atoms with Crippen LogP contribution in [0.15, 0.2) is 36.7 Å². The normalized spacial score (nSPS) is 18.0.